The molecule has 4 nitrogen and oxygen atoms in total. The van der Waals surface area contributed by atoms with Crippen molar-refractivity contribution in [2.24, 2.45) is 0 Å². The van der Waals surface area contributed by atoms with Gasteiger partial charge in [-0.1, -0.05) is 25.8 Å². The van der Waals surface area contributed by atoms with E-state index in [-0.39, 0.29) is 0 Å². The maximum atomic E-state index is 10.2. The molecule has 2 N–H and O–H groups in total. The van der Waals surface area contributed by atoms with Crippen molar-refractivity contribution >= 4 is 0 Å². The molecular formula is C15H25NO3. The van der Waals surface area contributed by atoms with Gasteiger partial charge in [0.2, 0.25) is 0 Å². The van der Waals surface area contributed by atoms with Crippen LogP contribution in [-0.2, 0) is 11.1 Å². The van der Waals surface area contributed by atoms with Crippen LogP contribution in [0.4, 0.5) is 0 Å². The van der Waals surface area contributed by atoms with Gasteiger partial charge >= 0.3 is 0 Å². The highest BCUT2D eigenvalue weighted by Gasteiger charge is 2.05. The molecule has 0 aliphatic rings. The number of aliphatic hydroxyl groups excluding tert-OH is 1. The van der Waals surface area contributed by atoms with E-state index in [1.807, 2.05) is 0 Å². The largest absolute Gasteiger partial charge is 0.491 e. The van der Waals surface area contributed by atoms with Crippen molar-refractivity contribution < 1.29 is 37.9 Å². The molecule has 0 bridgehead atoms. The molecule has 0 radical (unpaired) electrons. The molecule has 19 heavy (non-hydrogen) atoms. The van der Waals surface area contributed by atoms with Crippen molar-refractivity contribution in [3.63, 3.8) is 0 Å². The molecule has 0 spiro atoms. The van der Waals surface area contributed by atoms with E-state index in [0.717, 1.165) is 7.11 Å². The molecule has 0 fully saturated rings. The lowest BCUT2D eigenvalue weighted by molar-refractivity contribution is 0.104. The summed E-state index contributed by atoms with van der Waals surface area (Å²) in [5, 5.41) is 12.0. The van der Waals surface area contributed by atoms with Crippen LogP contribution in [0.15, 0.2) is 24.2 Å². The molecule has 4 heteroatoms. The molecule has 0 aliphatic carbocycles. The van der Waals surface area contributed by atoms with Gasteiger partial charge in [0, 0.05) is 32.0 Å². The van der Waals surface area contributed by atoms with Gasteiger partial charge in [0.25, 0.3) is 0 Å². The Labute approximate surface area is 139 Å². The Hall–Kier alpha value is -1.10. The van der Waals surface area contributed by atoms with E-state index in [4.69, 9.17) is 28.0 Å². The summed E-state index contributed by atoms with van der Waals surface area (Å²) in [7, 11) is 0.819. The van der Waals surface area contributed by atoms with E-state index in [9.17, 15) is 5.11 Å². The van der Waals surface area contributed by atoms with Gasteiger partial charge < -0.3 is 19.9 Å². The van der Waals surface area contributed by atoms with Crippen molar-refractivity contribution in [3.8, 4) is 5.75 Å². The topological polar surface area (TPSA) is 50.7 Å². The molecule has 0 aliphatic heterocycles. The van der Waals surface area contributed by atoms with Crippen molar-refractivity contribution in [2.75, 3.05) is 26.8 Å². The first-order chi connectivity index (χ1) is 15.8. The van der Waals surface area contributed by atoms with Crippen LogP contribution in [0.2, 0.25) is 0 Å². The van der Waals surface area contributed by atoms with E-state index < -0.39 is 87.3 Å². The summed E-state index contributed by atoms with van der Waals surface area (Å²) in [5.41, 5.74) is -1.05. The maximum Gasteiger partial charge on any atom is 0.119 e. The second kappa shape index (κ2) is 8.91. The third-order valence-corrected chi connectivity index (χ3v) is 1.65. The van der Waals surface area contributed by atoms with E-state index in [0.29, 0.717) is 0 Å². The number of hydrogen-bond donors (Lipinski definition) is 2. The highest BCUT2D eigenvalue weighted by Crippen LogP contribution is 2.12. The fourth-order valence-corrected chi connectivity index (χ4v) is 0.884. The Morgan fingerprint density at radius 3 is 2.84 bits per heavy atom. The third kappa shape index (κ3) is 7.15. The van der Waals surface area contributed by atoms with Crippen LogP contribution in [0, 0.1) is 0 Å². The van der Waals surface area contributed by atoms with Gasteiger partial charge in [-0.3, -0.25) is 0 Å². The lowest BCUT2D eigenvalue weighted by Crippen LogP contribution is -2.35. The number of hydrogen-bond acceptors (Lipinski definition) is 4. The number of benzene rings is 1. The Bertz CT molecular complexity index is 915. The Balaban J connectivity index is 3.41. The van der Waals surface area contributed by atoms with Gasteiger partial charge in [0.1, 0.15) is 18.4 Å². The molecule has 1 unspecified atom stereocenters. The van der Waals surface area contributed by atoms with Crippen molar-refractivity contribution in [1.82, 2.24) is 5.32 Å². The Morgan fingerprint density at radius 1 is 1.47 bits per heavy atom. The van der Waals surface area contributed by atoms with Crippen molar-refractivity contribution in [1.29, 1.82) is 0 Å². The van der Waals surface area contributed by atoms with Gasteiger partial charge in [-0.15, -0.1) is 0 Å². The molecule has 1 rings (SSSR count). The number of methoxy groups -OCH3 is 1. The first-order valence-electron chi connectivity index (χ1n) is 13.6. The zero-order valence-corrected chi connectivity index (χ0v) is 10.0. The second-order valence-electron chi connectivity index (χ2n) is 3.13. The fourth-order valence-electron chi connectivity index (χ4n) is 0.884. The Kier molecular flexibility index (Phi) is 1.97. The average Bonchev–Trinajstić information content (AvgIpc) is 2.71. The minimum absolute atomic E-state index is 0.819. The van der Waals surface area contributed by atoms with Crippen LogP contribution in [0.3, 0.4) is 0 Å². The van der Waals surface area contributed by atoms with E-state index >= 15 is 0 Å². The molecule has 1 aromatic carbocycles. The molecular weight excluding hydrogens is 242 g/mol. The summed E-state index contributed by atoms with van der Waals surface area (Å²) < 4.78 is 140. The Morgan fingerprint density at radius 2 is 2.21 bits per heavy atom. The summed E-state index contributed by atoms with van der Waals surface area (Å²) in [6.45, 7) is -14.4. The van der Waals surface area contributed by atoms with Gasteiger partial charge in [-0.05, 0) is 24.0 Å². The van der Waals surface area contributed by atoms with Crippen LogP contribution >= 0.6 is 0 Å². The highest BCUT2D eigenvalue weighted by molar-refractivity contribution is 5.27. The van der Waals surface area contributed by atoms with Gasteiger partial charge in [-0.25, -0.2) is 0 Å². The lowest BCUT2D eigenvalue weighted by Gasteiger charge is -2.15. The minimum Gasteiger partial charge on any atom is -0.491 e. The molecule has 1 aromatic rings. The second-order valence-corrected chi connectivity index (χ2v) is 3.13. The molecule has 0 saturated carbocycles. The molecule has 108 valence electrons. The number of rotatable bonds is 9. The fraction of sp³-hybridized carbons (Fsp3) is 0.600. The standard InChI is InChI=1S/C15H25NO3/c1-12(2)16-10-14(17)11-19-15-6-4-13(5-7-15)8-9-18-3/h4-7,12,14,16-17H,8-11H2,1-3H3/i1D3,2D3,4D,5D,6D,7D,8D2,9D2,11D2,12D. The number of ether oxygens (including phenoxy) is 2. The highest BCUT2D eigenvalue weighted by atomic mass is 16.5. The average molecular weight is 284 g/mol. The minimum atomic E-state index is -3.43. The first kappa shape index (κ1) is 4.20. The lowest BCUT2D eigenvalue weighted by atomic mass is 10.1. The smallest absolute Gasteiger partial charge is 0.119 e. The zero-order chi connectivity index (χ0) is 28.9. The van der Waals surface area contributed by atoms with Gasteiger partial charge in [0.05, 0.1) is 17.5 Å². The van der Waals surface area contributed by atoms with Crippen LogP contribution < -0.4 is 10.1 Å². The summed E-state index contributed by atoms with van der Waals surface area (Å²) in [6.07, 6.45) is -5.60. The van der Waals surface area contributed by atoms with Crippen LogP contribution in [0.25, 0.3) is 0 Å². The summed E-state index contributed by atoms with van der Waals surface area (Å²) in [5.74, 6) is -1.10. The van der Waals surface area contributed by atoms with E-state index in [2.05, 4.69) is 4.74 Å². The molecule has 1 atom stereocenters. The molecule has 0 heterocycles. The number of nitrogens with one attached hydrogen (secondary N) is 1. The zero-order valence-electron chi connectivity index (χ0n) is 27.0. The normalized spacial score (nSPS) is 29.9. The van der Waals surface area contributed by atoms with Crippen molar-refractivity contribution in [2.45, 2.75) is 32.2 Å². The number of aliphatic hydroxyl groups is 1. The summed E-state index contributed by atoms with van der Waals surface area (Å²) in [4.78, 5) is 0. The third-order valence-electron chi connectivity index (χ3n) is 1.65. The first-order valence-corrected chi connectivity index (χ1v) is 5.08. The predicted molar refractivity (Wildman–Crippen MR) is 76.7 cm³/mol. The summed E-state index contributed by atoms with van der Waals surface area (Å²) in [6, 6.07) is -7.84. The van der Waals surface area contributed by atoms with Crippen LogP contribution in [-0.4, -0.2) is 44.0 Å². The van der Waals surface area contributed by atoms with Gasteiger partial charge in [0.15, 0.2) is 0 Å². The van der Waals surface area contributed by atoms with E-state index in [1.54, 1.807) is 5.32 Å². The van der Waals surface area contributed by atoms with E-state index in [1.165, 1.54) is 0 Å². The molecule has 0 saturated heterocycles. The maximum absolute atomic E-state index is 10.2. The van der Waals surface area contributed by atoms with Crippen molar-refractivity contribution in [3.05, 3.63) is 29.7 Å². The summed E-state index contributed by atoms with van der Waals surface area (Å²) >= 11 is 0. The monoisotopic (exact) mass is 284 g/mol. The SMILES string of the molecule is [2H]c1c([2H])c(C([2H])([2H])C([2H])([2H])OC)c([2H])c([2H])c1OC([2H])([2H])C(O)CNC([2H])(C([2H])([2H])[2H])C([2H])([2H])[2H]. The van der Waals surface area contributed by atoms with Gasteiger partial charge in [-0.2, -0.15) is 0 Å². The predicted octanol–water partition coefficient (Wildman–Crippen LogP) is 1.61. The quantitative estimate of drug-likeness (QED) is 0.723. The molecule has 0 aromatic heterocycles. The molecule has 0 amide bonds. The van der Waals surface area contributed by atoms with Crippen LogP contribution in [0.5, 0.6) is 5.75 Å². The van der Waals surface area contributed by atoms with Crippen LogP contribution in [0.1, 0.15) is 42.6 Å².